The average Bonchev–Trinajstić information content (AvgIpc) is 2.35. The van der Waals surface area contributed by atoms with E-state index in [-0.39, 0.29) is 18.2 Å². The Morgan fingerprint density at radius 1 is 1.58 bits per heavy atom. The van der Waals surface area contributed by atoms with Crippen LogP contribution in [-0.2, 0) is 4.74 Å². The van der Waals surface area contributed by atoms with Crippen molar-refractivity contribution in [2.24, 2.45) is 11.5 Å². The molecular formula is C13H18BrN3O2. The van der Waals surface area contributed by atoms with Crippen molar-refractivity contribution in [1.82, 2.24) is 0 Å². The van der Waals surface area contributed by atoms with Crippen LogP contribution in [0.25, 0.3) is 0 Å². The zero-order valence-electron chi connectivity index (χ0n) is 10.7. The molecule has 1 amide bonds. The number of nitrogens with two attached hydrogens (primary N) is 2. The lowest BCUT2D eigenvalue weighted by Gasteiger charge is -2.43. The summed E-state index contributed by atoms with van der Waals surface area (Å²) in [4.78, 5) is 11.5. The first-order chi connectivity index (χ1) is 9.04. The van der Waals surface area contributed by atoms with Gasteiger partial charge in [0.2, 0.25) is 0 Å². The van der Waals surface area contributed by atoms with Gasteiger partial charge in [0, 0.05) is 22.8 Å². The summed E-state index contributed by atoms with van der Waals surface area (Å²) in [6.07, 6.45) is 0.908. The lowest BCUT2D eigenvalue weighted by molar-refractivity contribution is -0.0126. The Hall–Kier alpha value is -1.11. The van der Waals surface area contributed by atoms with E-state index in [1.54, 1.807) is 6.07 Å². The van der Waals surface area contributed by atoms with Crippen LogP contribution in [0.3, 0.4) is 0 Å². The van der Waals surface area contributed by atoms with Crippen molar-refractivity contribution >= 4 is 27.5 Å². The normalized spacial score (nSPS) is 25.7. The number of rotatable bonds is 5. The molecule has 1 saturated carbocycles. The Bertz CT molecular complexity index is 479. The number of hydrogen-bond donors (Lipinski definition) is 3. The molecule has 0 aromatic heterocycles. The molecule has 2 rings (SSSR count). The van der Waals surface area contributed by atoms with Crippen LogP contribution in [0.1, 0.15) is 23.7 Å². The molecular weight excluding hydrogens is 310 g/mol. The monoisotopic (exact) mass is 327 g/mol. The van der Waals surface area contributed by atoms with Crippen molar-refractivity contribution in [3.8, 4) is 0 Å². The number of ether oxygens (including phenoxy) is 1. The number of carbonyl (C=O) groups excluding carboxylic acids is 1. The summed E-state index contributed by atoms with van der Waals surface area (Å²) in [6.45, 7) is 2.60. The summed E-state index contributed by atoms with van der Waals surface area (Å²) in [5.41, 5.74) is 12.5. The maximum Gasteiger partial charge on any atom is 0.251 e. The molecule has 19 heavy (non-hydrogen) atoms. The summed E-state index contributed by atoms with van der Waals surface area (Å²) >= 11 is 3.34. The molecule has 0 saturated heterocycles. The second kappa shape index (κ2) is 5.90. The number of primary amides is 1. The predicted octanol–water partition coefficient (Wildman–Crippen LogP) is 1.46. The van der Waals surface area contributed by atoms with Crippen molar-refractivity contribution < 1.29 is 9.53 Å². The third kappa shape index (κ3) is 2.91. The van der Waals surface area contributed by atoms with E-state index in [9.17, 15) is 4.79 Å². The Morgan fingerprint density at radius 2 is 2.32 bits per heavy atom. The first kappa shape index (κ1) is 14.3. The van der Waals surface area contributed by atoms with Gasteiger partial charge in [-0.2, -0.15) is 0 Å². The number of carbonyl (C=O) groups is 1. The van der Waals surface area contributed by atoms with Gasteiger partial charge in [0.25, 0.3) is 5.91 Å². The molecule has 0 aliphatic heterocycles. The molecule has 3 atom stereocenters. The average molecular weight is 328 g/mol. The fourth-order valence-electron chi connectivity index (χ4n) is 2.30. The number of amides is 1. The van der Waals surface area contributed by atoms with E-state index < -0.39 is 5.91 Å². The van der Waals surface area contributed by atoms with Crippen LogP contribution >= 0.6 is 15.9 Å². The molecule has 1 aliphatic rings. The van der Waals surface area contributed by atoms with Crippen LogP contribution < -0.4 is 16.8 Å². The van der Waals surface area contributed by atoms with E-state index in [1.807, 2.05) is 19.1 Å². The highest BCUT2D eigenvalue weighted by Crippen LogP contribution is 2.30. The van der Waals surface area contributed by atoms with E-state index in [2.05, 4.69) is 21.2 Å². The molecule has 0 spiro atoms. The molecule has 6 heteroatoms. The van der Waals surface area contributed by atoms with Crippen LogP contribution in [0.2, 0.25) is 0 Å². The van der Waals surface area contributed by atoms with Crippen LogP contribution in [0.5, 0.6) is 0 Å². The molecule has 1 fully saturated rings. The fourth-order valence-corrected chi connectivity index (χ4v) is 2.86. The molecule has 5 N–H and O–H groups in total. The highest BCUT2D eigenvalue weighted by atomic mass is 79.9. The second-order valence-corrected chi connectivity index (χ2v) is 5.44. The minimum absolute atomic E-state index is 0.00681. The standard InChI is InChI=1S/C13H18BrN3O2/c1-2-19-10-6-8(15)12(10)17-9-5-3-4-7(14)11(9)13(16)18/h3-5,8,10,12,17H,2,6,15H2,1H3,(H2,16,18). The van der Waals surface area contributed by atoms with Crippen LogP contribution in [0, 0.1) is 0 Å². The largest absolute Gasteiger partial charge is 0.377 e. The molecule has 0 bridgehead atoms. The molecule has 1 aliphatic carbocycles. The zero-order valence-corrected chi connectivity index (χ0v) is 12.3. The highest BCUT2D eigenvalue weighted by Gasteiger charge is 2.39. The van der Waals surface area contributed by atoms with Gasteiger partial charge in [0.1, 0.15) is 0 Å². The number of nitrogens with one attached hydrogen (secondary N) is 1. The molecule has 5 nitrogen and oxygen atoms in total. The first-order valence-electron chi connectivity index (χ1n) is 6.26. The van der Waals surface area contributed by atoms with Gasteiger partial charge in [-0.05, 0) is 41.4 Å². The maximum atomic E-state index is 11.5. The van der Waals surface area contributed by atoms with E-state index in [4.69, 9.17) is 16.2 Å². The molecule has 0 heterocycles. The molecule has 0 radical (unpaired) electrons. The van der Waals surface area contributed by atoms with Gasteiger partial charge in [0.05, 0.1) is 17.7 Å². The van der Waals surface area contributed by atoms with Crippen LogP contribution in [-0.4, -0.2) is 30.7 Å². The van der Waals surface area contributed by atoms with Crippen molar-refractivity contribution in [3.63, 3.8) is 0 Å². The number of halogens is 1. The van der Waals surface area contributed by atoms with E-state index in [1.165, 1.54) is 0 Å². The molecule has 1 aromatic carbocycles. The first-order valence-corrected chi connectivity index (χ1v) is 7.06. The molecule has 3 unspecified atom stereocenters. The fraction of sp³-hybridized carbons (Fsp3) is 0.462. The Labute approximate surface area is 120 Å². The summed E-state index contributed by atoms with van der Waals surface area (Å²) < 4.78 is 6.27. The minimum atomic E-state index is -0.476. The topological polar surface area (TPSA) is 90.4 Å². The van der Waals surface area contributed by atoms with Crippen molar-refractivity contribution in [3.05, 3.63) is 28.2 Å². The summed E-state index contributed by atoms with van der Waals surface area (Å²) in [5, 5.41) is 3.27. The third-order valence-electron chi connectivity index (χ3n) is 3.33. The maximum absolute atomic E-state index is 11.5. The number of anilines is 1. The second-order valence-electron chi connectivity index (χ2n) is 4.59. The van der Waals surface area contributed by atoms with E-state index in [0.29, 0.717) is 22.3 Å². The predicted molar refractivity (Wildman–Crippen MR) is 78.1 cm³/mol. The van der Waals surface area contributed by atoms with Gasteiger partial charge in [-0.3, -0.25) is 4.79 Å². The number of hydrogen-bond acceptors (Lipinski definition) is 4. The smallest absolute Gasteiger partial charge is 0.251 e. The van der Waals surface area contributed by atoms with E-state index >= 15 is 0 Å². The Kier molecular flexibility index (Phi) is 4.44. The van der Waals surface area contributed by atoms with Crippen LogP contribution in [0.4, 0.5) is 5.69 Å². The highest BCUT2D eigenvalue weighted by molar-refractivity contribution is 9.10. The van der Waals surface area contributed by atoms with Gasteiger partial charge in [0.15, 0.2) is 0 Å². The van der Waals surface area contributed by atoms with Crippen molar-refractivity contribution in [1.29, 1.82) is 0 Å². The van der Waals surface area contributed by atoms with Gasteiger partial charge < -0.3 is 21.5 Å². The third-order valence-corrected chi connectivity index (χ3v) is 3.99. The molecule has 104 valence electrons. The zero-order chi connectivity index (χ0) is 14.0. The Morgan fingerprint density at radius 3 is 2.89 bits per heavy atom. The lowest BCUT2D eigenvalue weighted by atomic mass is 9.83. The van der Waals surface area contributed by atoms with Crippen LogP contribution in [0.15, 0.2) is 22.7 Å². The van der Waals surface area contributed by atoms with Gasteiger partial charge in [-0.1, -0.05) is 6.07 Å². The number of benzene rings is 1. The SMILES string of the molecule is CCOC1CC(N)C1Nc1cccc(Br)c1C(N)=O. The van der Waals surface area contributed by atoms with Gasteiger partial charge in [-0.15, -0.1) is 0 Å². The Balaban J connectivity index is 2.19. The summed E-state index contributed by atoms with van der Waals surface area (Å²) in [6, 6.07) is 5.48. The van der Waals surface area contributed by atoms with Crippen molar-refractivity contribution in [2.45, 2.75) is 31.5 Å². The summed E-state index contributed by atoms with van der Waals surface area (Å²) in [7, 11) is 0. The molecule has 1 aromatic rings. The summed E-state index contributed by atoms with van der Waals surface area (Å²) in [5.74, 6) is -0.476. The van der Waals surface area contributed by atoms with Gasteiger partial charge >= 0.3 is 0 Å². The van der Waals surface area contributed by atoms with Gasteiger partial charge in [-0.25, -0.2) is 0 Å². The lowest BCUT2D eigenvalue weighted by Crippen LogP contribution is -2.60. The quantitative estimate of drug-likeness (QED) is 0.763. The van der Waals surface area contributed by atoms with Crippen molar-refractivity contribution in [2.75, 3.05) is 11.9 Å². The van der Waals surface area contributed by atoms with E-state index in [0.717, 1.165) is 6.42 Å². The minimum Gasteiger partial charge on any atom is -0.377 e.